The maximum atomic E-state index is 11.0. The van der Waals surface area contributed by atoms with E-state index in [1.54, 1.807) is 6.07 Å². The molecule has 0 saturated heterocycles. The first kappa shape index (κ1) is 14.5. The number of benzene rings is 1. The Kier molecular flexibility index (Phi) is 5.62. The summed E-state index contributed by atoms with van der Waals surface area (Å²) in [5, 5.41) is 14.4. The number of nitrogens with one attached hydrogen (secondary N) is 1. The minimum atomic E-state index is -0.315. The summed E-state index contributed by atoms with van der Waals surface area (Å²) in [7, 11) is 0. The van der Waals surface area contributed by atoms with Gasteiger partial charge in [0, 0.05) is 12.1 Å². The van der Waals surface area contributed by atoms with E-state index < -0.39 is 0 Å². The van der Waals surface area contributed by atoms with Crippen molar-refractivity contribution < 1.29 is 4.92 Å². The number of rotatable bonds is 7. The highest BCUT2D eigenvalue weighted by Gasteiger charge is 2.16. The van der Waals surface area contributed by atoms with E-state index in [4.69, 9.17) is 0 Å². The van der Waals surface area contributed by atoms with Crippen molar-refractivity contribution in [3.8, 4) is 0 Å². The number of hydrogen-bond donors (Lipinski definition) is 1. The van der Waals surface area contributed by atoms with Crippen molar-refractivity contribution in [2.24, 2.45) is 0 Å². The SMILES string of the molecule is CCCC(CCC)Nc1ccc(C)cc1[N+](=O)[O-]. The van der Waals surface area contributed by atoms with Crippen LogP contribution in [0, 0.1) is 17.0 Å². The molecular weight excluding hydrogens is 228 g/mol. The molecule has 0 unspecified atom stereocenters. The van der Waals surface area contributed by atoms with Gasteiger partial charge in [0.15, 0.2) is 0 Å². The van der Waals surface area contributed by atoms with E-state index in [1.165, 1.54) is 0 Å². The molecule has 0 aliphatic carbocycles. The first-order valence-corrected chi connectivity index (χ1v) is 6.60. The molecular formula is C14H22N2O2. The Labute approximate surface area is 109 Å². The van der Waals surface area contributed by atoms with Crippen LogP contribution in [0.1, 0.15) is 45.1 Å². The zero-order valence-corrected chi connectivity index (χ0v) is 11.4. The van der Waals surface area contributed by atoms with Crippen molar-refractivity contribution in [3.05, 3.63) is 33.9 Å². The third-order valence-electron chi connectivity index (χ3n) is 2.98. The predicted molar refractivity (Wildman–Crippen MR) is 75.1 cm³/mol. The molecule has 1 N–H and O–H groups in total. The number of nitro groups is 1. The summed E-state index contributed by atoms with van der Waals surface area (Å²) in [6.07, 6.45) is 4.24. The fourth-order valence-electron chi connectivity index (χ4n) is 2.12. The standard InChI is InChI=1S/C14H22N2O2/c1-4-6-12(7-5-2)15-13-9-8-11(3)10-14(13)16(17)18/h8-10,12,15H,4-7H2,1-3H3. The molecule has 100 valence electrons. The zero-order valence-electron chi connectivity index (χ0n) is 11.4. The maximum absolute atomic E-state index is 11.0. The van der Waals surface area contributed by atoms with Gasteiger partial charge in [-0.1, -0.05) is 32.8 Å². The highest BCUT2D eigenvalue weighted by atomic mass is 16.6. The molecule has 1 aromatic carbocycles. The molecule has 0 saturated carbocycles. The number of nitro benzene ring substituents is 1. The lowest BCUT2D eigenvalue weighted by Crippen LogP contribution is -2.19. The quantitative estimate of drug-likeness (QED) is 0.580. The van der Waals surface area contributed by atoms with Gasteiger partial charge >= 0.3 is 0 Å². The fraction of sp³-hybridized carbons (Fsp3) is 0.571. The number of anilines is 1. The summed E-state index contributed by atoms with van der Waals surface area (Å²) in [4.78, 5) is 10.7. The summed E-state index contributed by atoms with van der Waals surface area (Å²) < 4.78 is 0. The van der Waals surface area contributed by atoms with Crippen LogP contribution in [0.4, 0.5) is 11.4 Å². The minimum Gasteiger partial charge on any atom is -0.377 e. The predicted octanol–water partition coefficient (Wildman–Crippen LogP) is 4.28. The topological polar surface area (TPSA) is 55.2 Å². The van der Waals surface area contributed by atoms with Crippen LogP contribution in [0.25, 0.3) is 0 Å². The van der Waals surface area contributed by atoms with Gasteiger partial charge in [-0.05, 0) is 31.4 Å². The van der Waals surface area contributed by atoms with E-state index in [9.17, 15) is 10.1 Å². The van der Waals surface area contributed by atoms with Crippen molar-refractivity contribution >= 4 is 11.4 Å². The van der Waals surface area contributed by atoms with E-state index in [1.807, 2.05) is 19.1 Å². The van der Waals surface area contributed by atoms with Crippen molar-refractivity contribution in [1.29, 1.82) is 0 Å². The first-order valence-electron chi connectivity index (χ1n) is 6.60. The molecule has 0 heterocycles. The summed E-state index contributed by atoms with van der Waals surface area (Å²) in [5.41, 5.74) is 1.72. The van der Waals surface area contributed by atoms with E-state index in [0.29, 0.717) is 11.7 Å². The Bertz CT molecular complexity index is 399. The van der Waals surface area contributed by atoms with Crippen LogP contribution in [0.2, 0.25) is 0 Å². The highest BCUT2D eigenvalue weighted by molar-refractivity contribution is 5.62. The molecule has 4 nitrogen and oxygen atoms in total. The largest absolute Gasteiger partial charge is 0.377 e. The second-order valence-electron chi connectivity index (χ2n) is 4.70. The summed E-state index contributed by atoms with van der Waals surface area (Å²) in [6, 6.07) is 5.66. The molecule has 0 aromatic heterocycles. The molecule has 18 heavy (non-hydrogen) atoms. The Hall–Kier alpha value is -1.58. The average Bonchev–Trinajstić information content (AvgIpc) is 2.32. The molecule has 0 atom stereocenters. The molecule has 1 aromatic rings. The summed E-state index contributed by atoms with van der Waals surface area (Å²) in [6.45, 7) is 6.13. The van der Waals surface area contributed by atoms with Gasteiger partial charge in [-0.2, -0.15) is 0 Å². The minimum absolute atomic E-state index is 0.173. The molecule has 0 radical (unpaired) electrons. The van der Waals surface area contributed by atoms with Gasteiger partial charge in [0.25, 0.3) is 5.69 Å². The van der Waals surface area contributed by atoms with E-state index in [2.05, 4.69) is 19.2 Å². The second-order valence-corrected chi connectivity index (χ2v) is 4.70. The van der Waals surface area contributed by atoms with Crippen LogP contribution in [0.5, 0.6) is 0 Å². The lowest BCUT2D eigenvalue weighted by Gasteiger charge is -2.18. The van der Waals surface area contributed by atoms with Crippen molar-refractivity contribution in [2.45, 2.75) is 52.5 Å². The van der Waals surface area contributed by atoms with Gasteiger partial charge in [-0.3, -0.25) is 10.1 Å². The smallest absolute Gasteiger partial charge is 0.292 e. The van der Waals surface area contributed by atoms with E-state index in [-0.39, 0.29) is 10.6 Å². The molecule has 0 amide bonds. The molecule has 0 aliphatic rings. The van der Waals surface area contributed by atoms with Gasteiger partial charge in [-0.25, -0.2) is 0 Å². The summed E-state index contributed by atoms with van der Waals surface area (Å²) in [5.74, 6) is 0. The lowest BCUT2D eigenvalue weighted by atomic mass is 10.1. The first-order chi connectivity index (χ1) is 8.58. The van der Waals surface area contributed by atoms with Crippen molar-refractivity contribution in [2.75, 3.05) is 5.32 Å². The Morgan fingerprint density at radius 2 is 1.89 bits per heavy atom. The molecule has 0 aliphatic heterocycles. The fourth-order valence-corrected chi connectivity index (χ4v) is 2.12. The van der Waals surface area contributed by atoms with Crippen LogP contribution in [-0.4, -0.2) is 11.0 Å². The van der Waals surface area contributed by atoms with Gasteiger partial charge < -0.3 is 5.32 Å². The molecule has 0 spiro atoms. The maximum Gasteiger partial charge on any atom is 0.292 e. The van der Waals surface area contributed by atoms with Crippen molar-refractivity contribution in [3.63, 3.8) is 0 Å². The molecule has 0 fully saturated rings. The second kappa shape index (κ2) is 6.99. The van der Waals surface area contributed by atoms with Gasteiger partial charge in [0.1, 0.15) is 5.69 Å². The average molecular weight is 250 g/mol. The Balaban J connectivity index is 2.90. The van der Waals surface area contributed by atoms with Crippen LogP contribution in [0.15, 0.2) is 18.2 Å². The molecule has 1 rings (SSSR count). The number of aryl methyl sites for hydroxylation is 1. The third kappa shape index (κ3) is 4.02. The summed E-state index contributed by atoms with van der Waals surface area (Å²) >= 11 is 0. The van der Waals surface area contributed by atoms with Crippen LogP contribution in [0.3, 0.4) is 0 Å². The van der Waals surface area contributed by atoms with Crippen LogP contribution in [-0.2, 0) is 0 Å². The van der Waals surface area contributed by atoms with Gasteiger partial charge in [0.05, 0.1) is 4.92 Å². The van der Waals surface area contributed by atoms with Crippen molar-refractivity contribution in [1.82, 2.24) is 0 Å². The lowest BCUT2D eigenvalue weighted by molar-refractivity contribution is -0.384. The third-order valence-corrected chi connectivity index (χ3v) is 2.98. The van der Waals surface area contributed by atoms with Gasteiger partial charge in [0.2, 0.25) is 0 Å². The van der Waals surface area contributed by atoms with E-state index in [0.717, 1.165) is 31.2 Å². The Morgan fingerprint density at radius 3 is 2.39 bits per heavy atom. The zero-order chi connectivity index (χ0) is 13.5. The molecule has 0 bridgehead atoms. The number of nitrogens with zero attached hydrogens (tertiary/aromatic N) is 1. The van der Waals surface area contributed by atoms with Crippen LogP contribution >= 0.6 is 0 Å². The van der Waals surface area contributed by atoms with Gasteiger partial charge in [-0.15, -0.1) is 0 Å². The highest BCUT2D eigenvalue weighted by Crippen LogP contribution is 2.27. The van der Waals surface area contributed by atoms with E-state index >= 15 is 0 Å². The normalized spacial score (nSPS) is 10.7. The number of hydrogen-bond acceptors (Lipinski definition) is 3. The van der Waals surface area contributed by atoms with Crippen LogP contribution < -0.4 is 5.32 Å². The monoisotopic (exact) mass is 250 g/mol. The molecule has 4 heteroatoms. The Morgan fingerprint density at radius 1 is 1.28 bits per heavy atom.